The minimum absolute atomic E-state index is 0.258. The van der Waals surface area contributed by atoms with Gasteiger partial charge in [-0.05, 0) is 36.4 Å². The molecule has 0 aliphatic carbocycles. The maximum Gasteiger partial charge on any atom is 0.128 e. The van der Waals surface area contributed by atoms with E-state index in [1.165, 1.54) is 18.2 Å². The van der Waals surface area contributed by atoms with Gasteiger partial charge in [-0.3, -0.25) is 4.68 Å². The van der Waals surface area contributed by atoms with Gasteiger partial charge in [0, 0.05) is 16.6 Å². The average molecular weight is 266 g/mol. The van der Waals surface area contributed by atoms with Crippen LogP contribution in [0.2, 0.25) is 0 Å². The second-order valence-electron chi connectivity index (χ2n) is 4.54. The number of hydrogen-bond donors (Lipinski definition) is 1. The molecule has 0 saturated carbocycles. The summed E-state index contributed by atoms with van der Waals surface area (Å²) in [6, 6.07) is 11.8. The van der Waals surface area contributed by atoms with Gasteiger partial charge < -0.3 is 5.73 Å². The van der Waals surface area contributed by atoms with Crippen molar-refractivity contribution in [1.29, 1.82) is 5.26 Å². The second kappa shape index (κ2) is 4.67. The molecule has 2 N–H and O–H groups in total. The number of halogens is 1. The van der Waals surface area contributed by atoms with Crippen LogP contribution in [-0.2, 0) is 6.54 Å². The molecule has 5 heteroatoms. The van der Waals surface area contributed by atoms with Gasteiger partial charge in [-0.1, -0.05) is 0 Å². The Morgan fingerprint density at radius 3 is 2.90 bits per heavy atom. The standard InChI is InChI=1S/C15H11FN4/c16-14-4-1-10(7-17)5-12(14)9-20-15-6-13(18)3-2-11(15)8-19-20/h1-6,8H,9,18H2. The van der Waals surface area contributed by atoms with E-state index in [1.54, 1.807) is 23.0 Å². The van der Waals surface area contributed by atoms with Crippen LogP contribution in [0.15, 0.2) is 42.6 Å². The van der Waals surface area contributed by atoms with Gasteiger partial charge in [0.2, 0.25) is 0 Å². The van der Waals surface area contributed by atoms with Gasteiger partial charge >= 0.3 is 0 Å². The number of nitrogen functional groups attached to an aromatic ring is 1. The highest BCUT2D eigenvalue weighted by atomic mass is 19.1. The first-order valence-corrected chi connectivity index (χ1v) is 6.07. The summed E-state index contributed by atoms with van der Waals surface area (Å²) in [6.45, 7) is 0.258. The number of rotatable bonds is 2. The van der Waals surface area contributed by atoms with E-state index >= 15 is 0 Å². The van der Waals surface area contributed by atoms with Gasteiger partial charge in [-0.15, -0.1) is 0 Å². The summed E-state index contributed by atoms with van der Waals surface area (Å²) < 4.78 is 15.5. The minimum atomic E-state index is -0.350. The average Bonchev–Trinajstić information content (AvgIpc) is 2.84. The number of anilines is 1. The summed E-state index contributed by atoms with van der Waals surface area (Å²) in [6.07, 6.45) is 1.71. The van der Waals surface area contributed by atoms with E-state index < -0.39 is 0 Å². The molecule has 20 heavy (non-hydrogen) atoms. The van der Waals surface area contributed by atoms with Crippen LogP contribution in [0.1, 0.15) is 11.1 Å². The van der Waals surface area contributed by atoms with Crippen LogP contribution in [-0.4, -0.2) is 9.78 Å². The van der Waals surface area contributed by atoms with Gasteiger partial charge in [-0.25, -0.2) is 4.39 Å². The number of aromatic nitrogens is 2. The number of nitriles is 1. The second-order valence-corrected chi connectivity index (χ2v) is 4.54. The van der Waals surface area contributed by atoms with Gasteiger partial charge in [-0.2, -0.15) is 10.4 Å². The predicted octanol–water partition coefficient (Wildman–Crippen LogP) is 2.68. The molecule has 0 bridgehead atoms. The highest BCUT2D eigenvalue weighted by Crippen LogP contribution is 2.19. The maximum absolute atomic E-state index is 13.8. The Morgan fingerprint density at radius 1 is 1.25 bits per heavy atom. The summed E-state index contributed by atoms with van der Waals surface area (Å²) in [5.41, 5.74) is 8.09. The quantitative estimate of drug-likeness (QED) is 0.725. The molecule has 1 aromatic heterocycles. The summed E-state index contributed by atoms with van der Waals surface area (Å²) >= 11 is 0. The molecule has 0 aliphatic rings. The number of nitrogens with two attached hydrogens (primary N) is 1. The zero-order valence-corrected chi connectivity index (χ0v) is 10.5. The summed E-state index contributed by atoms with van der Waals surface area (Å²) in [4.78, 5) is 0. The van der Waals surface area contributed by atoms with Crippen molar-refractivity contribution in [3.05, 3.63) is 59.5 Å². The van der Waals surface area contributed by atoms with E-state index in [-0.39, 0.29) is 12.4 Å². The van der Waals surface area contributed by atoms with Crippen LogP contribution in [0.3, 0.4) is 0 Å². The largest absolute Gasteiger partial charge is 0.399 e. The summed E-state index contributed by atoms with van der Waals surface area (Å²) in [5.74, 6) is -0.350. The van der Waals surface area contributed by atoms with E-state index in [0.717, 1.165) is 10.9 Å². The molecule has 3 rings (SSSR count). The fourth-order valence-corrected chi connectivity index (χ4v) is 2.14. The smallest absolute Gasteiger partial charge is 0.128 e. The zero-order valence-electron chi connectivity index (χ0n) is 10.5. The Bertz CT molecular complexity index is 829. The number of hydrogen-bond acceptors (Lipinski definition) is 3. The normalized spacial score (nSPS) is 10.6. The lowest BCUT2D eigenvalue weighted by Gasteiger charge is -2.06. The van der Waals surface area contributed by atoms with Crippen molar-refractivity contribution in [1.82, 2.24) is 9.78 Å². The first kappa shape index (κ1) is 12.2. The highest BCUT2D eigenvalue weighted by molar-refractivity contribution is 5.81. The summed E-state index contributed by atoms with van der Waals surface area (Å²) in [7, 11) is 0. The van der Waals surface area contributed by atoms with Gasteiger partial charge in [0.05, 0.1) is 29.9 Å². The SMILES string of the molecule is N#Cc1ccc(F)c(Cn2ncc3ccc(N)cc32)c1. The molecular weight excluding hydrogens is 255 g/mol. The Morgan fingerprint density at radius 2 is 2.10 bits per heavy atom. The van der Waals surface area contributed by atoms with Crippen molar-refractivity contribution in [2.75, 3.05) is 5.73 Å². The topological polar surface area (TPSA) is 67.6 Å². The molecule has 3 aromatic rings. The van der Waals surface area contributed by atoms with E-state index in [2.05, 4.69) is 5.10 Å². The Hall–Kier alpha value is -2.87. The third-order valence-corrected chi connectivity index (χ3v) is 3.16. The van der Waals surface area contributed by atoms with Crippen LogP contribution >= 0.6 is 0 Å². The molecule has 0 fully saturated rings. The first-order chi connectivity index (χ1) is 9.67. The first-order valence-electron chi connectivity index (χ1n) is 6.07. The maximum atomic E-state index is 13.8. The molecule has 0 amide bonds. The predicted molar refractivity (Wildman–Crippen MR) is 74.4 cm³/mol. The number of benzene rings is 2. The molecule has 0 spiro atoms. The van der Waals surface area contributed by atoms with E-state index in [0.29, 0.717) is 16.8 Å². The Balaban J connectivity index is 2.05. The lowest BCUT2D eigenvalue weighted by Crippen LogP contribution is -2.04. The highest BCUT2D eigenvalue weighted by Gasteiger charge is 2.08. The molecule has 2 aromatic carbocycles. The molecule has 0 aliphatic heterocycles. The zero-order chi connectivity index (χ0) is 14.1. The van der Waals surface area contributed by atoms with Crippen LogP contribution in [0.5, 0.6) is 0 Å². The minimum Gasteiger partial charge on any atom is -0.399 e. The molecule has 0 radical (unpaired) electrons. The fraction of sp³-hybridized carbons (Fsp3) is 0.0667. The van der Waals surface area contributed by atoms with E-state index in [4.69, 9.17) is 11.0 Å². The van der Waals surface area contributed by atoms with Gasteiger partial charge in [0.15, 0.2) is 0 Å². The van der Waals surface area contributed by atoms with Crippen molar-refractivity contribution in [3.63, 3.8) is 0 Å². The van der Waals surface area contributed by atoms with Crippen molar-refractivity contribution >= 4 is 16.6 Å². The lowest BCUT2D eigenvalue weighted by atomic mass is 10.1. The van der Waals surface area contributed by atoms with Crippen molar-refractivity contribution in [2.45, 2.75) is 6.54 Å². The van der Waals surface area contributed by atoms with Gasteiger partial charge in [0.1, 0.15) is 5.82 Å². The third kappa shape index (κ3) is 2.08. The van der Waals surface area contributed by atoms with Crippen molar-refractivity contribution < 1.29 is 4.39 Å². The number of nitrogens with zero attached hydrogens (tertiary/aromatic N) is 3. The van der Waals surface area contributed by atoms with Crippen molar-refractivity contribution in [3.8, 4) is 6.07 Å². The third-order valence-electron chi connectivity index (χ3n) is 3.16. The molecule has 0 atom stereocenters. The molecule has 1 heterocycles. The van der Waals surface area contributed by atoms with Crippen LogP contribution in [0.25, 0.3) is 10.9 Å². The molecular formula is C15H11FN4. The monoisotopic (exact) mass is 266 g/mol. The molecule has 4 nitrogen and oxygen atoms in total. The Kier molecular flexibility index (Phi) is 2.84. The van der Waals surface area contributed by atoms with Crippen LogP contribution in [0, 0.1) is 17.1 Å². The van der Waals surface area contributed by atoms with E-state index in [9.17, 15) is 4.39 Å². The molecule has 0 saturated heterocycles. The summed E-state index contributed by atoms with van der Waals surface area (Å²) in [5, 5.41) is 14.1. The number of fused-ring (bicyclic) bond motifs is 1. The van der Waals surface area contributed by atoms with Gasteiger partial charge in [0.25, 0.3) is 0 Å². The van der Waals surface area contributed by atoms with Crippen LogP contribution in [0.4, 0.5) is 10.1 Å². The van der Waals surface area contributed by atoms with E-state index in [1.807, 2.05) is 12.1 Å². The fourth-order valence-electron chi connectivity index (χ4n) is 2.14. The van der Waals surface area contributed by atoms with Crippen LogP contribution < -0.4 is 5.73 Å². The lowest BCUT2D eigenvalue weighted by molar-refractivity contribution is 0.590. The molecule has 98 valence electrons. The Labute approximate surface area is 114 Å². The molecule has 0 unspecified atom stereocenters. The van der Waals surface area contributed by atoms with Crippen molar-refractivity contribution in [2.24, 2.45) is 0 Å².